The van der Waals surface area contributed by atoms with E-state index in [0.717, 1.165) is 195 Å². The van der Waals surface area contributed by atoms with Gasteiger partial charge in [0.05, 0.1) is 55.8 Å². The third kappa shape index (κ3) is 12.1. The first-order valence-electron chi connectivity index (χ1n) is 47.0. The van der Waals surface area contributed by atoms with Crippen molar-refractivity contribution in [1.82, 2.24) is 13.7 Å². The fourth-order valence-corrected chi connectivity index (χ4v) is 22.6. The minimum absolute atomic E-state index is 0.104. The number of anilines is 6. The molecular weight excluding hydrogens is 1630 g/mol. The Kier molecular flexibility index (Phi) is 17.5. The summed E-state index contributed by atoms with van der Waals surface area (Å²) in [6.07, 6.45) is 0. The van der Waals surface area contributed by atoms with E-state index in [1.54, 1.807) is 0 Å². The van der Waals surface area contributed by atoms with Gasteiger partial charge in [0.25, 0.3) is 6.71 Å². The van der Waals surface area contributed by atoms with Crippen LogP contribution in [0.25, 0.3) is 193 Å². The van der Waals surface area contributed by atoms with Gasteiger partial charge in [0.1, 0.15) is 22.3 Å². The quantitative estimate of drug-likeness (QED) is 0.121. The van der Waals surface area contributed by atoms with Crippen LogP contribution in [0.15, 0.2) is 415 Å². The first kappa shape index (κ1) is 78.8. The van der Waals surface area contributed by atoms with Crippen molar-refractivity contribution in [2.45, 2.75) is 78.6 Å². The maximum atomic E-state index is 7.22. The molecule has 19 aromatic carbocycles. The number of rotatable bonds is 11. The Balaban J connectivity index is 0.850. The highest BCUT2D eigenvalue weighted by Gasteiger charge is 2.46. The van der Waals surface area contributed by atoms with Crippen LogP contribution in [0.2, 0.25) is 0 Å². The van der Waals surface area contributed by atoms with Gasteiger partial charge >= 0.3 is 0 Å². The zero-order valence-corrected chi connectivity index (χ0v) is 76.3. The number of para-hydroxylation sites is 8. The summed E-state index contributed by atoms with van der Waals surface area (Å²) in [7, 11) is 0. The minimum atomic E-state index is -0.385. The Morgan fingerprint density at radius 3 is 1.19 bits per heavy atom. The predicted octanol–water partition coefficient (Wildman–Crippen LogP) is 32.8. The van der Waals surface area contributed by atoms with Gasteiger partial charge in [-0.2, -0.15) is 0 Å². The zero-order chi connectivity index (χ0) is 89.9. The van der Waals surface area contributed by atoms with E-state index in [0.29, 0.717) is 0 Å². The minimum Gasteiger partial charge on any atom is -0.456 e. The van der Waals surface area contributed by atoms with Crippen LogP contribution < -0.4 is 26.2 Å². The lowest BCUT2D eigenvalue weighted by Gasteiger charge is -2.45. The topological polar surface area (TPSA) is 47.6 Å². The van der Waals surface area contributed by atoms with Crippen LogP contribution in [-0.2, 0) is 16.2 Å². The predicted molar refractivity (Wildman–Crippen MR) is 567 cm³/mol. The summed E-state index contributed by atoms with van der Waals surface area (Å²) in [5.74, 6) is 0. The van der Waals surface area contributed by atoms with Crippen molar-refractivity contribution in [3.05, 3.63) is 423 Å². The average Bonchev–Trinajstić information content (AvgIpc) is 0.777. The fourth-order valence-electron chi connectivity index (χ4n) is 22.6. The van der Waals surface area contributed by atoms with Gasteiger partial charge in [0.15, 0.2) is 0 Å². The molecule has 7 heterocycles. The molecule has 0 bridgehead atoms. The molecular formula is C126H94BN5O2. The van der Waals surface area contributed by atoms with E-state index in [1.807, 2.05) is 0 Å². The van der Waals surface area contributed by atoms with Crippen molar-refractivity contribution in [3.63, 3.8) is 0 Å². The van der Waals surface area contributed by atoms with Crippen LogP contribution in [0.5, 0.6) is 0 Å². The highest BCUT2D eigenvalue weighted by molar-refractivity contribution is 7.00. The molecule has 8 heteroatoms. The van der Waals surface area contributed by atoms with Crippen molar-refractivity contribution >= 4 is 167 Å². The number of benzene rings is 19. The van der Waals surface area contributed by atoms with Gasteiger partial charge in [-0.1, -0.05) is 341 Å². The maximum absolute atomic E-state index is 7.22. The molecule has 0 saturated carbocycles. The molecule has 2 aliphatic rings. The van der Waals surface area contributed by atoms with Gasteiger partial charge in [-0.25, -0.2) is 0 Å². The first-order chi connectivity index (χ1) is 65.4. The molecule has 0 N–H and O–H groups in total. The molecule has 0 unspecified atom stereocenters. The van der Waals surface area contributed by atoms with E-state index in [2.05, 4.69) is 492 Å². The summed E-state index contributed by atoms with van der Waals surface area (Å²) in [6, 6.07) is 154. The summed E-state index contributed by atoms with van der Waals surface area (Å²) in [6.45, 7) is 20.7. The Bertz CT molecular complexity index is 8870. The van der Waals surface area contributed by atoms with Gasteiger partial charge < -0.3 is 32.3 Å². The van der Waals surface area contributed by atoms with Crippen LogP contribution >= 0.6 is 0 Å². The Morgan fingerprint density at radius 2 is 0.612 bits per heavy atom. The monoisotopic (exact) mass is 1720 g/mol. The third-order valence-electron chi connectivity index (χ3n) is 28.9. The third-order valence-corrected chi connectivity index (χ3v) is 28.9. The average molecular weight is 1720 g/mol. The molecule has 134 heavy (non-hydrogen) atoms. The summed E-state index contributed by atoms with van der Waals surface area (Å²) < 4.78 is 21.8. The van der Waals surface area contributed by atoms with Crippen molar-refractivity contribution in [1.29, 1.82) is 0 Å². The second kappa shape index (κ2) is 29.7. The molecule has 0 atom stereocenters. The normalized spacial score (nSPS) is 12.9. The van der Waals surface area contributed by atoms with Gasteiger partial charge in [0, 0.05) is 110 Å². The van der Waals surface area contributed by atoms with Crippen molar-refractivity contribution < 1.29 is 8.83 Å². The summed E-state index contributed by atoms with van der Waals surface area (Å²) >= 11 is 0. The molecule has 638 valence electrons. The maximum Gasteiger partial charge on any atom is 0.252 e. The van der Waals surface area contributed by atoms with E-state index < -0.39 is 0 Å². The molecule has 0 amide bonds. The Labute approximate surface area is 779 Å². The van der Waals surface area contributed by atoms with Gasteiger partial charge in [0.2, 0.25) is 0 Å². The van der Waals surface area contributed by atoms with Crippen LogP contribution in [0.4, 0.5) is 34.1 Å². The lowest BCUT2D eigenvalue weighted by molar-refractivity contribution is 0.590. The van der Waals surface area contributed by atoms with E-state index >= 15 is 0 Å². The second-order valence-corrected chi connectivity index (χ2v) is 39.8. The first-order valence-corrected chi connectivity index (χ1v) is 47.0. The summed E-state index contributed by atoms with van der Waals surface area (Å²) in [5, 5.41) is 11.5. The number of furan rings is 2. The Morgan fingerprint density at radius 1 is 0.216 bits per heavy atom. The standard InChI is InChI=1S/C126H94BN5O2/c1-124(2,3)81-61-67-107(97(73-81)78-36-14-11-15-37-78)132-112-70-79(119-93(95-49-30-48-94-90-43-21-28-57-116(90)134-123(94)95)46-32-55-110(119)129-103-51-24-17-39-86(103)87-40-18-25-52-104(87)129)60-65-100(112)127-101-66-64-84(128-108-68-62-82(125(4,5)6)74-98(108)99-75-83(126(7,8)9)63-69-109(99)128)76-113(101)131(102-50-23-16-38-85(102)77-34-12-10-13-35-77)114-71-80(72-115(132)122(114)127)120-91(92-47-33-59-118-121(92)96-44-22-29-58-117(96)133-118)45-31-56-111(120)130-105-53-26-19-41-88(105)89-42-20-27-54-106(89)130/h10-76H,1-9H3. The highest BCUT2D eigenvalue weighted by Crippen LogP contribution is 2.56. The lowest BCUT2D eigenvalue weighted by atomic mass is 9.33. The van der Waals surface area contributed by atoms with E-state index in [1.165, 1.54) is 65.4 Å². The molecule has 2 aliphatic heterocycles. The number of fused-ring (bicyclic) bond motifs is 19. The van der Waals surface area contributed by atoms with Gasteiger partial charge in [-0.05, 0) is 216 Å². The van der Waals surface area contributed by atoms with Crippen LogP contribution in [-0.4, -0.2) is 20.4 Å². The zero-order valence-electron chi connectivity index (χ0n) is 76.3. The summed E-state index contributed by atoms with van der Waals surface area (Å²) in [4.78, 5) is 5.39. The smallest absolute Gasteiger partial charge is 0.252 e. The van der Waals surface area contributed by atoms with E-state index in [9.17, 15) is 0 Å². The van der Waals surface area contributed by atoms with Crippen molar-refractivity contribution in [2.24, 2.45) is 0 Å². The highest BCUT2D eigenvalue weighted by atomic mass is 16.3. The van der Waals surface area contributed by atoms with Gasteiger partial charge in [-0.3, -0.25) is 0 Å². The van der Waals surface area contributed by atoms with Crippen molar-refractivity contribution in [2.75, 3.05) is 9.80 Å². The molecule has 0 radical (unpaired) electrons. The molecule has 26 rings (SSSR count). The van der Waals surface area contributed by atoms with Gasteiger partial charge in [-0.15, -0.1) is 0 Å². The van der Waals surface area contributed by atoms with Crippen LogP contribution in [0.3, 0.4) is 0 Å². The number of nitrogens with zero attached hydrogens (tertiary/aromatic N) is 5. The number of hydrogen-bond acceptors (Lipinski definition) is 4. The van der Waals surface area contributed by atoms with E-state index in [-0.39, 0.29) is 23.0 Å². The molecule has 0 fully saturated rings. The van der Waals surface area contributed by atoms with Crippen LogP contribution in [0.1, 0.15) is 79.0 Å². The number of aromatic nitrogens is 3. The lowest BCUT2D eigenvalue weighted by Crippen LogP contribution is -2.61. The molecule has 5 aromatic heterocycles. The van der Waals surface area contributed by atoms with E-state index in [4.69, 9.17) is 8.83 Å². The summed E-state index contributed by atoms with van der Waals surface area (Å²) in [5.41, 5.74) is 39.3. The molecule has 0 aliphatic carbocycles. The molecule has 7 nitrogen and oxygen atoms in total. The fraction of sp³-hybridized carbons (Fsp3) is 0.0952. The molecule has 0 saturated heterocycles. The molecule has 0 spiro atoms. The Hall–Kier alpha value is -16.2. The largest absolute Gasteiger partial charge is 0.456 e. The second-order valence-electron chi connectivity index (χ2n) is 39.8. The SMILES string of the molecule is CC(C)(C)c1ccc(N2c3cc(-c4c(-c5cccc6c5oc5ccccc56)cccc4-n4c5ccccc5c5ccccc54)ccc3B3c4ccc(-n5c6ccc(C(C)(C)C)cc6c6cc(C(C)(C)C)ccc65)cc4N(c4ccccc4-c4ccccc4)c4cc(-c5c(-c6cccc7oc8ccccc8c67)cccc5-n5c6ccccc6c6ccccc65)cc2c43)c(-c2ccccc2)c1. The van der Waals surface area contributed by atoms with Crippen LogP contribution in [0, 0.1) is 0 Å². The number of hydrogen-bond donors (Lipinski definition) is 0. The van der Waals surface area contributed by atoms with Crippen molar-refractivity contribution in [3.8, 4) is 83.8 Å². The molecule has 24 aromatic rings.